The first-order valence-corrected chi connectivity index (χ1v) is 9.08. The van der Waals surface area contributed by atoms with Crippen LogP contribution < -0.4 is 11.1 Å². The van der Waals surface area contributed by atoms with E-state index in [0.29, 0.717) is 13.0 Å². The topological polar surface area (TPSA) is 108 Å². The molecule has 0 radical (unpaired) electrons. The predicted octanol–water partition coefficient (Wildman–Crippen LogP) is 3.62. The van der Waals surface area contributed by atoms with Gasteiger partial charge < -0.3 is 21.0 Å². The molecule has 0 spiro atoms. The Morgan fingerprint density at radius 2 is 1.82 bits per heavy atom. The lowest BCUT2D eigenvalue weighted by atomic mass is 10.1. The van der Waals surface area contributed by atoms with Gasteiger partial charge in [-0.2, -0.15) is 4.98 Å². The van der Waals surface area contributed by atoms with Crippen molar-refractivity contribution < 1.29 is 0 Å². The van der Waals surface area contributed by atoms with Crippen molar-refractivity contribution in [2.45, 2.75) is 13.0 Å². The maximum atomic E-state index is 5.83. The van der Waals surface area contributed by atoms with Gasteiger partial charge in [-0.05, 0) is 40.8 Å². The summed E-state index contributed by atoms with van der Waals surface area (Å²) in [7, 11) is 0. The average Bonchev–Trinajstić information content (AvgIpc) is 3.36. The van der Waals surface area contributed by atoms with Crippen molar-refractivity contribution in [3.8, 4) is 0 Å². The highest BCUT2D eigenvalue weighted by molar-refractivity contribution is 5.80. The number of benzene rings is 2. The number of hydrogen-bond donors (Lipinski definition) is 4. The number of aromatic amines is 2. The van der Waals surface area contributed by atoms with E-state index in [1.165, 1.54) is 5.39 Å². The van der Waals surface area contributed by atoms with Crippen molar-refractivity contribution in [1.82, 2.24) is 24.9 Å². The van der Waals surface area contributed by atoms with E-state index in [9.17, 15) is 0 Å². The molecule has 0 fully saturated rings. The fourth-order valence-corrected chi connectivity index (χ4v) is 3.41. The number of H-pyrrole nitrogens is 2. The molecule has 138 valence electrons. The summed E-state index contributed by atoms with van der Waals surface area (Å²) < 4.78 is 0. The zero-order valence-corrected chi connectivity index (χ0v) is 15.1. The van der Waals surface area contributed by atoms with Crippen LogP contribution >= 0.6 is 0 Å². The maximum absolute atomic E-state index is 5.83. The van der Waals surface area contributed by atoms with Gasteiger partial charge in [-0.1, -0.05) is 18.2 Å². The number of nitrogens with two attached hydrogens (primary N) is 1. The van der Waals surface area contributed by atoms with Gasteiger partial charge in [-0.3, -0.25) is 0 Å². The minimum atomic E-state index is 0.259. The molecule has 0 atom stereocenters. The molecule has 0 unspecified atom stereocenters. The number of imidazole rings is 1. The summed E-state index contributed by atoms with van der Waals surface area (Å²) in [6.07, 6.45) is 6.14. The van der Waals surface area contributed by atoms with Crippen molar-refractivity contribution in [3.05, 3.63) is 77.9 Å². The van der Waals surface area contributed by atoms with E-state index < -0.39 is 0 Å². The molecule has 0 saturated carbocycles. The Morgan fingerprint density at radius 3 is 2.79 bits per heavy atom. The monoisotopic (exact) mass is 369 g/mol. The largest absolute Gasteiger partial charge is 0.368 e. The van der Waals surface area contributed by atoms with Gasteiger partial charge in [-0.15, -0.1) is 0 Å². The molecule has 7 nitrogen and oxygen atoms in total. The van der Waals surface area contributed by atoms with Crippen LogP contribution in [0.5, 0.6) is 0 Å². The molecule has 3 heterocycles. The minimum absolute atomic E-state index is 0.259. The molecule has 0 amide bonds. The fourth-order valence-electron chi connectivity index (χ4n) is 3.41. The van der Waals surface area contributed by atoms with Gasteiger partial charge in [0.15, 0.2) is 0 Å². The van der Waals surface area contributed by atoms with Gasteiger partial charge in [0.25, 0.3) is 0 Å². The number of aromatic nitrogens is 5. The van der Waals surface area contributed by atoms with Gasteiger partial charge in [0.1, 0.15) is 5.82 Å². The lowest BCUT2D eigenvalue weighted by molar-refractivity contribution is 1.04. The van der Waals surface area contributed by atoms with Crippen LogP contribution in [0.15, 0.2) is 61.2 Å². The Balaban J connectivity index is 1.39. The Hall–Kier alpha value is -3.87. The molecule has 0 aliphatic rings. The molecule has 5 rings (SSSR count). The van der Waals surface area contributed by atoms with Crippen LogP contribution in [0.4, 0.5) is 11.8 Å². The molecule has 7 heteroatoms. The van der Waals surface area contributed by atoms with Crippen molar-refractivity contribution in [2.24, 2.45) is 0 Å². The highest BCUT2D eigenvalue weighted by atomic mass is 15.1. The summed E-state index contributed by atoms with van der Waals surface area (Å²) in [5, 5.41) is 4.61. The molecule has 0 aliphatic heterocycles. The minimum Gasteiger partial charge on any atom is -0.368 e. The first kappa shape index (κ1) is 16.3. The highest BCUT2D eigenvalue weighted by Gasteiger charge is 2.09. The number of fused-ring (bicyclic) bond motifs is 2. The van der Waals surface area contributed by atoms with Crippen molar-refractivity contribution in [2.75, 3.05) is 11.1 Å². The van der Waals surface area contributed by atoms with E-state index in [4.69, 9.17) is 5.73 Å². The highest BCUT2D eigenvalue weighted by Crippen LogP contribution is 2.21. The molecule has 3 aromatic heterocycles. The summed E-state index contributed by atoms with van der Waals surface area (Å²) in [5.74, 6) is 1.01. The van der Waals surface area contributed by atoms with E-state index in [0.717, 1.165) is 39.1 Å². The summed E-state index contributed by atoms with van der Waals surface area (Å²) in [4.78, 5) is 19.3. The molecule has 0 saturated heterocycles. The average molecular weight is 369 g/mol. The molecule has 5 N–H and O–H groups in total. The van der Waals surface area contributed by atoms with Crippen LogP contribution in [0.25, 0.3) is 21.9 Å². The smallest absolute Gasteiger partial charge is 0.221 e. The Kier molecular flexibility index (Phi) is 3.90. The van der Waals surface area contributed by atoms with Crippen LogP contribution in [0.3, 0.4) is 0 Å². The molecule has 0 aliphatic carbocycles. The summed E-state index contributed by atoms with van der Waals surface area (Å²) in [6.45, 7) is 0.651. The van der Waals surface area contributed by atoms with Crippen LogP contribution in [-0.2, 0) is 13.0 Å². The quantitative estimate of drug-likeness (QED) is 0.378. The van der Waals surface area contributed by atoms with Gasteiger partial charge in [-0.25, -0.2) is 9.97 Å². The van der Waals surface area contributed by atoms with Crippen LogP contribution in [0, 0.1) is 0 Å². The number of nitrogens with one attached hydrogen (secondary N) is 3. The third kappa shape index (κ3) is 3.14. The maximum Gasteiger partial charge on any atom is 0.221 e. The van der Waals surface area contributed by atoms with Crippen molar-refractivity contribution in [1.29, 1.82) is 0 Å². The number of nitrogens with zero attached hydrogens (tertiary/aromatic N) is 3. The number of hydrogen-bond acceptors (Lipinski definition) is 5. The molecular weight excluding hydrogens is 350 g/mol. The predicted molar refractivity (Wildman–Crippen MR) is 111 cm³/mol. The zero-order valence-electron chi connectivity index (χ0n) is 15.1. The summed E-state index contributed by atoms with van der Waals surface area (Å²) in [6, 6.07) is 14.6. The SMILES string of the molecule is Nc1ncc(Cc2ccc3nc[nH]c3c2)c(NCc2ccc3cc[nH]c3c2)n1. The van der Waals surface area contributed by atoms with Gasteiger partial charge in [0.05, 0.1) is 17.4 Å². The normalized spacial score (nSPS) is 11.3. The van der Waals surface area contributed by atoms with E-state index in [-0.39, 0.29) is 5.95 Å². The van der Waals surface area contributed by atoms with E-state index in [1.54, 1.807) is 12.5 Å². The fraction of sp³-hybridized carbons (Fsp3) is 0.0952. The number of nitrogen functional groups attached to an aromatic ring is 1. The molecule has 28 heavy (non-hydrogen) atoms. The first-order valence-electron chi connectivity index (χ1n) is 9.08. The van der Waals surface area contributed by atoms with E-state index in [1.807, 2.05) is 12.3 Å². The third-order valence-electron chi connectivity index (χ3n) is 4.84. The molecule has 2 aromatic carbocycles. The van der Waals surface area contributed by atoms with Gasteiger partial charge in [0.2, 0.25) is 5.95 Å². The van der Waals surface area contributed by atoms with Crippen LogP contribution in [-0.4, -0.2) is 24.9 Å². The third-order valence-corrected chi connectivity index (χ3v) is 4.84. The Morgan fingerprint density at radius 1 is 0.929 bits per heavy atom. The molecular formula is C21H19N7. The lowest BCUT2D eigenvalue weighted by Crippen LogP contribution is -2.08. The van der Waals surface area contributed by atoms with Crippen LogP contribution in [0.1, 0.15) is 16.7 Å². The van der Waals surface area contributed by atoms with Crippen molar-refractivity contribution in [3.63, 3.8) is 0 Å². The molecule has 5 aromatic rings. The van der Waals surface area contributed by atoms with Crippen LogP contribution in [0.2, 0.25) is 0 Å². The second kappa shape index (κ2) is 6.70. The lowest BCUT2D eigenvalue weighted by Gasteiger charge is -2.12. The van der Waals surface area contributed by atoms with Crippen molar-refractivity contribution >= 4 is 33.7 Å². The zero-order chi connectivity index (χ0) is 18.9. The summed E-state index contributed by atoms with van der Waals surface area (Å²) in [5.41, 5.74) is 12.2. The van der Waals surface area contributed by atoms with E-state index >= 15 is 0 Å². The number of anilines is 2. The number of rotatable bonds is 5. The van der Waals surface area contributed by atoms with Gasteiger partial charge in [0, 0.05) is 36.4 Å². The Bertz CT molecular complexity index is 1270. The van der Waals surface area contributed by atoms with E-state index in [2.05, 4.69) is 66.6 Å². The molecule has 0 bridgehead atoms. The first-order chi connectivity index (χ1) is 13.7. The second-order valence-electron chi connectivity index (χ2n) is 6.79. The summed E-state index contributed by atoms with van der Waals surface area (Å²) >= 11 is 0. The standard InChI is InChI=1S/C21H19N7/c22-21-25-11-16(7-13-2-4-17-19(8-13)27-12-26-17)20(28-21)24-10-14-1-3-15-5-6-23-18(15)9-14/h1-6,8-9,11-12,23H,7,10H2,(H,26,27)(H3,22,24,25,28). The second-order valence-corrected chi connectivity index (χ2v) is 6.79. The Labute approximate surface area is 161 Å². The van der Waals surface area contributed by atoms with Gasteiger partial charge >= 0.3 is 0 Å².